The van der Waals surface area contributed by atoms with Crippen molar-refractivity contribution in [2.45, 2.75) is 0 Å². The number of carbonyl (C=O) groups is 1. The molecule has 0 amide bonds. The number of carbonyl (C=O) groups excluding carboxylic acids is 1. The Morgan fingerprint density at radius 3 is 2.82 bits per heavy atom. The van der Waals surface area contributed by atoms with Gasteiger partial charge in [-0.15, -0.1) is 0 Å². The van der Waals surface area contributed by atoms with Crippen LogP contribution in [0.15, 0.2) is 60.4 Å². The van der Waals surface area contributed by atoms with Gasteiger partial charge >= 0.3 is 0 Å². The summed E-state index contributed by atoms with van der Waals surface area (Å²) in [4.78, 5) is 12.2. The molecule has 1 aliphatic rings. The van der Waals surface area contributed by atoms with Crippen molar-refractivity contribution >= 4 is 23.5 Å². The highest BCUT2D eigenvalue weighted by atomic mass is 35.5. The maximum atomic E-state index is 12.2. The van der Waals surface area contributed by atoms with Crippen LogP contribution in [0.2, 0.25) is 5.02 Å². The van der Waals surface area contributed by atoms with Gasteiger partial charge in [0.05, 0.1) is 12.7 Å². The Balaban J connectivity index is 1.83. The SMILES string of the molecule is COc1ccccc1/C=C/C=C1\Oc2ccc(Cl)cc2C1=O. The molecule has 0 N–H and O–H groups in total. The van der Waals surface area contributed by atoms with Crippen LogP contribution < -0.4 is 9.47 Å². The molecule has 0 atom stereocenters. The number of hydrogen-bond acceptors (Lipinski definition) is 3. The van der Waals surface area contributed by atoms with Gasteiger partial charge < -0.3 is 9.47 Å². The Kier molecular flexibility index (Phi) is 3.98. The van der Waals surface area contributed by atoms with Crippen LogP contribution in [0, 0.1) is 0 Å². The first-order valence-electron chi connectivity index (χ1n) is 6.72. The van der Waals surface area contributed by atoms with Gasteiger partial charge in [-0.05, 0) is 30.3 Å². The summed E-state index contributed by atoms with van der Waals surface area (Å²) in [7, 11) is 1.62. The van der Waals surface area contributed by atoms with Crippen molar-refractivity contribution < 1.29 is 14.3 Å². The molecule has 0 saturated carbocycles. The Labute approximate surface area is 133 Å². The fourth-order valence-electron chi connectivity index (χ4n) is 2.22. The number of allylic oxidation sites excluding steroid dienone is 3. The van der Waals surface area contributed by atoms with Crippen LogP contribution in [-0.2, 0) is 0 Å². The number of rotatable bonds is 3. The van der Waals surface area contributed by atoms with Crippen molar-refractivity contribution in [3.8, 4) is 11.5 Å². The lowest BCUT2D eigenvalue weighted by molar-refractivity contribution is 0.101. The minimum atomic E-state index is -0.165. The van der Waals surface area contributed by atoms with Crippen molar-refractivity contribution in [3.63, 3.8) is 0 Å². The lowest BCUT2D eigenvalue weighted by Crippen LogP contribution is -1.97. The minimum absolute atomic E-state index is 0.165. The molecule has 0 spiro atoms. The van der Waals surface area contributed by atoms with E-state index in [4.69, 9.17) is 21.1 Å². The van der Waals surface area contributed by atoms with E-state index in [-0.39, 0.29) is 11.5 Å². The third-order valence-corrected chi connectivity index (χ3v) is 3.53. The molecule has 0 saturated heterocycles. The lowest BCUT2D eigenvalue weighted by atomic mass is 10.1. The molecule has 2 aromatic rings. The molecular weight excluding hydrogens is 300 g/mol. The number of halogens is 1. The average Bonchev–Trinajstić information content (AvgIpc) is 2.84. The van der Waals surface area contributed by atoms with Gasteiger partial charge in [0.15, 0.2) is 5.76 Å². The van der Waals surface area contributed by atoms with E-state index >= 15 is 0 Å². The summed E-state index contributed by atoms with van der Waals surface area (Å²) in [6.07, 6.45) is 5.26. The van der Waals surface area contributed by atoms with E-state index in [1.807, 2.05) is 30.3 Å². The number of methoxy groups -OCH3 is 1. The molecule has 22 heavy (non-hydrogen) atoms. The lowest BCUT2D eigenvalue weighted by Gasteiger charge is -2.02. The van der Waals surface area contributed by atoms with Gasteiger partial charge in [-0.25, -0.2) is 0 Å². The molecule has 0 radical (unpaired) electrons. The van der Waals surface area contributed by atoms with Crippen LogP contribution in [0.25, 0.3) is 6.08 Å². The van der Waals surface area contributed by atoms with E-state index in [9.17, 15) is 4.79 Å². The van der Waals surface area contributed by atoms with Gasteiger partial charge in [0.25, 0.3) is 0 Å². The van der Waals surface area contributed by atoms with Gasteiger partial charge in [-0.1, -0.05) is 42.0 Å². The van der Waals surface area contributed by atoms with Gasteiger partial charge in [-0.2, -0.15) is 0 Å². The summed E-state index contributed by atoms with van der Waals surface area (Å²) in [5.41, 5.74) is 1.41. The predicted octanol–water partition coefficient (Wildman–Crippen LogP) is 4.52. The maximum Gasteiger partial charge on any atom is 0.231 e. The van der Waals surface area contributed by atoms with Crippen LogP contribution in [-0.4, -0.2) is 12.9 Å². The Hall–Kier alpha value is -2.52. The summed E-state index contributed by atoms with van der Waals surface area (Å²) in [6.45, 7) is 0. The molecule has 1 heterocycles. The van der Waals surface area contributed by atoms with Crippen molar-refractivity contribution in [1.82, 2.24) is 0 Å². The van der Waals surface area contributed by atoms with Crippen LogP contribution >= 0.6 is 11.6 Å². The number of ketones is 1. The van der Waals surface area contributed by atoms with Crippen molar-refractivity contribution in [2.75, 3.05) is 7.11 Å². The molecule has 2 aromatic carbocycles. The Morgan fingerprint density at radius 2 is 2.00 bits per heavy atom. The Bertz CT molecular complexity index is 791. The summed E-state index contributed by atoms with van der Waals surface area (Å²) in [5, 5.41) is 0.515. The van der Waals surface area contributed by atoms with Gasteiger partial charge in [0.2, 0.25) is 5.78 Å². The molecular formula is C18H13ClO3. The molecule has 1 aliphatic heterocycles. The second-order valence-electron chi connectivity index (χ2n) is 4.70. The van der Waals surface area contributed by atoms with Gasteiger partial charge in [0, 0.05) is 10.6 Å². The van der Waals surface area contributed by atoms with Crippen LogP contribution in [0.3, 0.4) is 0 Å². The molecule has 3 rings (SSSR count). The summed E-state index contributed by atoms with van der Waals surface area (Å²) >= 11 is 5.90. The Morgan fingerprint density at radius 1 is 1.18 bits per heavy atom. The van der Waals surface area contributed by atoms with E-state index < -0.39 is 0 Å². The monoisotopic (exact) mass is 312 g/mol. The number of benzene rings is 2. The average molecular weight is 313 g/mol. The number of ether oxygens (including phenoxy) is 2. The summed E-state index contributed by atoms with van der Waals surface area (Å²) in [6, 6.07) is 12.6. The second-order valence-corrected chi connectivity index (χ2v) is 5.14. The smallest absolute Gasteiger partial charge is 0.231 e. The van der Waals surface area contributed by atoms with E-state index in [1.165, 1.54) is 0 Å². The minimum Gasteiger partial charge on any atom is -0.496 e. The first-order chi connectivity index (χ1) is 10.7. The molecule has 110 valence electrons. The standard InChI is InChI=1S/C18H13ClO3/c1-21-15-7-3-2-5-12(15)6-4-8-17-18(20)14-11-13(19)9-10-16(14)22-17/h2-11H,1H3/b6-4+,17-8-. The quantitative estimate of drug-likeness (QED) is 0.782. The van der Waals surface area contributed by atoms with Gasteiger partial charge in [0.1, 0.15) is 11.5 Å². The highest BCUT2D eigenvalue weighted by Crippen LogP contribution is 2.32. The normalized spacial score (nSPS) is 15.2. The zero-order chi connectivity index (χ0) is 15.5. The number of hydrogen-bond donors (Lipinski definition) is 0. The predicted molar refractivity (Wildman–Crippen MR) is 86.5 cm³/mol. The van der Waals surface area contributed by atoms with Crippen molar-refractivity contribution in [1.29, 1.82) is 0 Å². The van der Waals surface area contributed by atoms with Crippen LogP contribution in [0.4, 0.5) is 0 Å². The third-order valence-electron chi connectivity index (χ3n) is 3.29. The number of fused-ring (bicyclic) bond motifs is 1. The molecule has 0 aromatic heterocycles. The highest BCUT2D eigenvalue weighted by Gasteiger charge is 2.26. The first-order valence-corrected chi connectivity index (χ1v) is 7.10. The summed E-state index contributed by atoms with van der Waals surface area (Å²) < 4.78 is 10.8. The molecule has 0 unspecified atom stereocenters. The van der Waals surface area contributed by atoms with E-state index in [0.717, 1.165) is 11.3 Å². The molecule has 0 fully saturated rings. The molecule has 4 heteroatoms. The molecule has 3 nitrogen and oxygen atoms in total. The topological polar surface area (TPSA) is 35.5 Å². The summed E-state index contributed by atoms with van der Waals surface area (Å²) in [5.74, 6) is 1.42. The largest absolute Gasteiger partial charge is 0.496 e. The first kappa shape index (κ1) is 14.4. The molecule has 0 bridgehead atoms. The van der Waals surface area contributed by atoms with Gasteiger partial charge in [-0.3, -0.25) is 4.79 Å². The van der Waals surface area contributed by atoms with Crippen molar-refractivity contribution in [3.05, 3.63) is 76.5 Å². The van der Waals surface area contributed by atoms with E-state index in [1.54, 1.807) is 37.5 Å². The second kappa shape index (κ2) is 6.08. The third kappa shape index (κ3) is 2.76. The van der Waals surface area contributed by atoms with Crippen LogP contribution in [0.1, 0.15) is 15.9 Å². The van der Waals surface area contributed by atoms with Crippen molar-refractivity contribution in [2.24, 2.45) is 0 Å². The maximum absolute atomic E-state index is 12.2. The zero-order valence-corrected chi connectivity index (χ0v) is 12.6. The zero-order valence-electron chi connectivity index (χ0n) is 11.9. The number of para-hydroxylation sites is 1. The van der Waals surface area contributed by atoms with E-state index in [2.05, 4.69) is 0 Å². The number of Topliss-reactive ketones (excluding diaryl/α,β-unsaturated/α-hetero) is 1. The van der Waals surface area contributed by atoms with Crippen LogP contribution in [0.5, 0.6) is 11.5 Å². The van der Waals surface area contributed by atoms with E-state index in [0.29, 0.717) is 16.3 Å². The fraction of sp³-hybridized carbons (Fsp3) is 0.0556. The highest BCUT2D eigenvalue weighted by molar-refractivity contribution is 6.31. The fourth-order valence-corrected chi connectivity index (χ4v) is 2.39. The molecule has 0 aliphatic carbocycles.